The highest BCUT2D eigenvalue weighted by Crippen LogP contribution is 2.14. The van der Waals surface area contributed by atoms with E-state index in [4.69, 9.17) is 5.73 Å². The van der Waals surface area contributed by atoms with E-state index in [0.29, 0.717) is 19.6 Å². The van der Waals surface area contributed by atoms with E-state index in [-0.39, 0.29) is 24.4 Å². The first kappa shape index (κ1) is 14.5. The third-order valence-corrected chi connectivity index (χ3v) is 3.48. The zero-order chi connectivity index (χ0) is 14.5. The molecule has 0 aromatic heterocycles. The lowest BCUT2D eigenvalue weighted by Gasteiger charge is -2.32. The molecule has 1 aliphatic rings. The van der Waals surface area contributed by atoms with Crippen molar-refractivity contribution in [3.05, 3.63) is 29.8 Å². The highest BCUT2D eigenvalue weighted by atomic mass is 16.2. The normalized spacial score (nSPS) is 19.5. The number of nitrogens with one attached hydrogen (secondary N) is 2. The SMILES string of the molecule is CC1C(=O)NCCN1CC(=O)Nc1ccccc1CN. The maximum Gasteiger partial charge on any atom is 0.238 e. The molecule has 1 fully saturated rings. The molecule has 1 aromatic carbocycles. The number of hydrogen-bond acceptors (Lipinski definition) is 4. The fraction of sp³-hybridized carbons (Fsp3) is 0.429. The van der Waals surface area contributed by atoms with Crippen LogP contribution in [0.2, 0.25) is 0 Å². The standard InChI is InChI=1S/C14H20N4O2/c1-10-14(20)16-6-7-18(10)9-13(19)17-12-5-3-2-4-11(12)8-15/h2-5,10H,6-9,15H2,1H3,(H,16,20)(H,17,19). The average Bonchev–Trinajstić information content (AvgIpc) is 2.44. The lowest BCUT2D eigenvalue weighted by Crippen LogP contribution is -2.55. The summed E-state index contributed by atoms with van der Waals surface area (Å²) in [5, 5.41) is 5.63. The molecule has 2 amide bonds. The second kappa shape index (κ2) is 6.49. The summed E-state index contributed by atoms with van der Waals surface area (Å²) in [7, 11) is 0. The van der Waals surface area contributed by atoms with Gasteiger partial charge in [0.15, 0.2) is 0 Å². The fourth-order valence-electron chi connectivity index (χ4n) is 2.24. The molecule has 1 atom stereocenters. The van der Waals surface area contributed by atoms with Crippen molar-refractivity contribution in [3.63, 3.8) is 0 Å². The van der Waals surface area contributed by atoms with E-state index in [1.54, 1.807) is 6.92 Å². The van der Waals surface area contributed by atoms with Crippen LogP contribution in [0.5, 0.6) is 0 Å². The van der Waals surface area contributed by atoms with Gasteiger partial charge in [0.2, 0.25) is 11.8 Å². The average molecular weight is 276 g/mol. The van der Waals surface area contributed by atoms with Gasteiger partial charge in [0.1, 0.15) is 0 Å². The van der Waals surface area contributed by atoms with Crippen molar-refractivity contribution in [2.45, 2.75) is 19.5 Å². The van der Waals surface area contributed by atoms with Gasteiger partial charge in [0.05, 0.1) is 12.6 Å². The first-order chi connectivity index (χ1) is 9.61. The molecule has 1 aliphatic heterocycles. The second-order valence-corrected chi connectivity index (χ2v) is 4.85. The van der Waals surface area contributed by atoms with Crippen molar-refractivity contribution < 1.29 is 9.59 Å². The van der Waals surface area contributed by atoms with Gasteiger partial charge in [0.25, 0.3) is 0 Å². The number of piperazine rings is 1. The van der Waals surface area contributed by atoms with Crippen LogP contribution >= 0.6 is 0 Å². The first-order valence-electron chi connectivity index (χ1n) is 6.71. The summed E-state index contributed by atoms with van der Waals surface area (Å²) < 4.78 is 0. The minimum Gasteiger partial charge on any atom is -0.353 e. The van der Waals surface area contributed by atoms with Gasteiger partial charge in [0, 0.05) is 25.3 Å². The number of anilines is 1. The Morgan fingerprint density at radius 1 is 1.50 bits per heavy atom. The number of para-hydroxylation sites is 1. The second-order valence-electron chi connectivity index (χ2n) is 4.85. The van der Waals surface area contributed by atoms with Crippen LogP contribution in [-0.4, -0.2) is 42.4 Å². The van der Waals surface area contributed by atoms with Crippen molar-refractivity contribution in [1.29, 1.82) is 0 Å². The molecule has 4 N–H and O–H groups in total. The Hall–Kier alpha value is -1.92. The van der Waals surface area contributed by atoms with Crippen LogP contribution in [0.4, 0.5) is 5.69 Å². The van der Waals surface area contributed by atoms with E-state index in [1.165, 1.54) is 0 Å². The maximum atomic E-state index is 12.1. The molecule has 6 nitrogen and oxygen atoms in total. The van der Waals surface area contributed by atoms with Gasteiger partial charge >= 0.3 is 0 Å². The third kappa shape index (κ3) is 3.34. The quantitative estimate of drug-likeness (QED) is 0.717. The van der Waals surface area contributed by atoms with E-state index < -0.39 is 0 Å². The van der Waals surface area contributed by atoms with Crippen molar-refractivity contribution in [3.8, 4) is 0 Å². The zero-order valence-electron chi connectivity index (χ0n) is 11.6. The van der Waals surface area contributed by atoms with E-state index in [9.17, 15) is 9.59 Å². The third-order valence-electron chi connectivity index (χ3n) is 3.48. The Bertz CT molecular complexity index is 504. The monoisotopic (exact) mass is 276 g/mol. The molecule has 0 aliphatic carbocycles. The van der Waals surface area contributed by atoms with E-state index in [0.717, 1.165) is 11.3 Å². The summed E-state index contributed by atoms with van der Waals surface area (Å²) in [6.07, 6.45) is 0. The van der Waals surface area contributed by atoms with Crippen LogP contribution in [0, 0.1) is 0 Å². The summed E-state index contributed by atoms with van der Waals surface area (Å²) in [6, 6.07) is 7.17. The summed E-state index contributed by atoms with van der Waals surface area (Å²) in [5.41, 5.74) is 7.26. The summed E-state index contributed by atoms with van der Waals surface area (Å²) in [5.74, 6) is -0.168. The fourth-order valence-corrected chi connectivity index (χ4v) is 2.24. The van der Waals surface area contributed by atoms with E-state index in [1.807, 2.05) is 29.2 Å². The summed E-state index contributed by atoms with van der Waals surface area (Å²) >= 11 is 0. The number of nitrogens with two attached hydrogens (primary N) is 1. The summed E-state index contributed by atoms with van der Waals surface area (Å²) in [6.45, 7) is 3.64. The van der Waals surface area contributed by atoms with Gasteiger partial charge in [-0.3, -0.25) is 14.5 Å². The lowest BCUT2D eigenvalue weighted by atomic mass is 10.1. The maximum absolute atomic E-state index is 12.1. The van der Waals surface area contributed by atoms with Crippen molar-refractivity contribution in [2.24, 2.45) is 5.73 Å². The summed E-state index contributed by atoms with van der Waals surface area (Å²) in [4.78, 5) is 25.5. The number of nitrogens with zero attached hydrogens (tertiary/aromatic N) is 1. The molecular formula is C14H20N4O2. The largest absolute Gasteiger partial charge is 0.353 e. The minimum atomic E-state index is -0.278. The van der Waals surface area contributed by atoms with Crippen LogP contribution in [0.3, 0.4) is 0 Å². The molecule has 0 spiro atoms. The Morgan fingerprint density at radius 2 is 2.25 bits per heavy atom. The van der Waals surface area contributed by atoms with Gasteiger partial charge in [-0.2, -0.15) is 0 Å². The molecule has 0 radical (unpaired) electrons. The molecule has 0 saturated carbocycles. The molecule has 6 heteroatoms. The topological polar surface area (TPSA) is 87.5 Å². The Kier molecular flexibility index (Phi) is 4.70. The van der Waals surface area contributed by atoms with Crippen molar-refractivity contribution >= 4 is 17.5 Å². The molecule has 1 aromatic rings. The van der Waals surface area contributed by atoms with Crippen LogP contribution < -0.4 is 16.4 Å². The van der Waals surface area contributed by atoms with Gasteiger partial charge in [-0.15, -0.1) is 0 Å². The van der Waals surface area contributed by atoms with Gasteiger partial charge < -0.3 is 16.4 Å². The first-order valence-corrected chi connectivity index (χ1v) is 6.71. The Morgan fingerprint density at radius 3 is 3.00 bits per heavy atom. The van der Waals surface area contributed by atoms with Crippen LogP contribution in [0.15, 0.2) is 24.3 Å². The molecule has 2 rings (SSSR count). The van der Waals surface area contributed by atoms with Crippen molar-refractivity contribution in [1.82, 2.24) is 10.2 Å². The van der Waals surface area contributed by atoms with E-state index in [2.05, 4.69) is 10.6 Å². The Labute approximate surface area is 118 Å². The predicted octanol–water partition coefficient (Wildman–Crippen LogP) is -0.0959. The molecule has 20 heavy (non-hydrogen) atoms. The van der Waals surface area contributed by atoms with Gasteiger partial charge in [-0.05, 0) is 18.6 Å². The minimum absolute atomic E-state index is 0.0357. The van der Waals surface area contributed by atoms with Crippen LogP contribution in [-0.2, 0) is 16.1 Å². The van der Waals surface area contributed by atoms with E-state index >= 15 is 0 Å². The molecule has 1 saturated heterocycles. The molecule has 1 unspecified atom stereocenters. The van der Waals surface area contributed by atoms with Crippen LogP contribution in [0.25, 0.3) is 0 Å². The smallest absolute Gasteiger partial charge is 0.238 e. The number of carbonyl (C=O) groups is 2. The molecule has 1 heterocycles. The number of carbonyl (C=O) groups excluding carboxylic acids is 2. The lowest BCUT2D eigenvalue weighted by molar-refractivity contribution is -0.129. The highest BCUT2D eigenvalue weighted by molar-refractivity contribution is 5.93. The highest BCUT2D eigenvalue weighted by Gasteiger charge is 2.26. The molecule has 0 bridgehead atoms. The number of hydrogen-bond donors (Lipinski definition) is 3. The Balaban J connectivity index is 1.97. The number of benzene rings is 1. The number of amides is 2. The molecular weight excluding hydrogens is 256 g/mol. The van der Waals surface area contributed by atoms with Gasteiger partial charge in [-0.25, -0.2) is 0 Å². The molecule has 108 valence electrons. The van der Waals surface area contributed by atoms with Crippen LogP contribution in [0.1, 0.15) is 12.5 Å². The van der Waals surface area contributed by atoms with Gasteiger partial charge in [-0.1, -0.05) is 18.2 Å². The zero-order valence-corrected chi connectivity index (χ0v) is 11.6. The van der Waals surface area contributed by atoms with Crippen molar-refractivity contribution in [2.75, 3.05) is 25.0 Å². The predicted molar refractivity (Wildman–Crippen MR) is 77.0 cm³/mol. The number of rotatable bonds is 4.